The molecule has 134 valence electrons. The molecule has 2 amide bonds. The Hall–Kier alpha value is -2.75. The summed E-state index contributed by atoms with van der Waals surface area (Å²) in [6.45, 7) is 2.12. The Labute approximate surface area is 151 Å². The van der Waals surface area contributed by atoms with E-state index in [9.17, 15) is 14.9 Å². The van der Waals surface area contributed by atoms with Crippen molar-refractivity contribution in [2.75, 3.05) is 13.3 Å². The summed E-state index contributed by atoms with van der Waals surface area (Å²) in [6.07, 6.45) is 2.29. The van der Waals surface area contributed by atoms with Crippen molar-refractivity contribution in [3.8, 4) is 17.6 Å². The summed E-state index contributed by atoms with van der Waals surface area (Å²) in [4.78, 5) is 29.3. The number of ether oxygens (including phenoxy) is 2. The second-order valence-corrected chi connectivity index (χ2v) is 7.76. The van der Waals surface area contributed by atoms with E-state index in [0.29, 0.717) is 17.9 Å². The topological polar surface area (TPSA) is 82.9 Å². The number of rotatable bonds is 2. The second-order valence-electron chi connectivity index (χ2n) is 7.76. The molecule has 7 heteroatoms. The van der Waals surface area contributed by atoms with Crippen LogP contribution in [0.25, 0.3) is 0 Å². The molecule has 3 fully saturated rings. The smallest absolute Gasteiger partial charge is 0.246 e. The number of benzene rings is 1. The zero-order valence-electron chi connectivity index (χ0n) is 14.5. The van der Waals surface area contributed by atoms with Crippen LogP contribution in [-0.4, -0.2) is 47.0 Å². The van der Waals surface area contributed by atoms with Gasteiger partial charge in [0.15, 0.2) is 11.5 Å². The van der Waals surface area contributed by atoms with Gasteiger partial charge in [-0.2, -0.15) is 5.26 Å². The van der Waals surface area contributed by atoms with Crippen LogP contribution in [0.1, 0.15) is 37.8 Å². The monoisotopic (exact) mass is 353 g/mol. The number of piperazine rings is 1. The Kier molecular flexibility index (Phi) is 3.06. The minimum atomic E-state index is -0.830. The molecule has 1 aromatic carbocycles. The lowest BCUT2D eigenvalue weighted by Gasteiger charge is -2.40. The molecule has 7 nitrogen and oxygen atoms in total. The van der Waals surface area contributed by atoms with Crippen LogP contribution >= 0.6 is 0 Å². The standard InChI is InChI=1S/C19H19N3O4/c1-19(9-20)7-13-18(24)21(12-3-4-12)8-16(23)22(13)17(19)11-2-5-14-15(6-11)26-10-25-14/h2,5-6,12-13,17H,3-4,7-8,10H2,1H3/t13?,17?,19-/m1/s1. The van der Waals surface area contributed by atoms with Crippen LogP contribution in [0.3, 0.4) is 0 Å². The maximum atomic E-state index is 13.0. The summed E-state index contributed by atoms with van der Waals surface area (Å²) in [5.41, 5.74) is -0.0229. The van der Waals surface area contributed by atoms with Crippen LogP contribution in [0.15, 0.2) is 18.2 Å². The van der Waals surface area contributed by atoms with Gasteiger partial charge in [0.05, 0.1) is 17.5 Å². The van der Waals surface area contributed by atoms with Crippen molar-refractivity contribution in [1.82, 2.24) is 9.80 Å². The largest absolute Gasteiger partial charge is 0.454 e. The van der Waals surface area contributed by atoms with Crippen LogP contribution < -0.4 is 9.47 Å². The molecule has 1 aromatic rings. The van der Waals surface area contributed by atoms with E-state index in [0.717, 1.165) is 18.4 Å². The first-order chi connectivity index (χ1) is 12.5. The Bertz CT molecular complexity index is 859. The van der Waals surface area contributed by atoms with Crippen molar-refractivity contribution in [3.05, 3.63) is 23.8 Å². The third kappa shape index (κ3) is 2.05. The second kappa shape index (κ2) is 5.13. The number of carbonyl (C=O) groups is 2. The number of amides is 2. The van der Waals surface area contributed by atoms with Gasteiger partial charge in [-0.1, -0.05) is 6.07 Å². The number of carbonyl (C=O) groups excluding carboxylic acids is 2. The van der Waals surface area contributed by atoms with Crippen molar-refractivity contribution in [2.45, 2.75) is 44.3 Å². The molecule has 3 heterocycles. The molecule has 1 aliphatic carbocycles. The van der Waals surface area contributed by atoms with Gasteiger partial charge in [-0.3, -0.25) is 9.59 Å². The molecule has 0 radical (unpaired) electrons. The van der Waals surface area contributed by atoms with E-state index in [-0.39, 0.29) is 31.2 Å². The third-order valence-electron chi connectivity index (χ3n) is 5.95. The summed E-state index contributed by atoms with van der Waals surface area (Å²) < 4.78 is 10.8. The van der Waals surface area contributed by atoms with Crippen LogP contribution in [0.5, 0.6) is 11.5 Å². The average Bonchev–Trinajstić information content (AvgIpc) is 3.27. The minimum absolute atomic E-state index is 0.0168. The maximum Gasteiger partial charge on any atom is 0.246 e. The summed E-state index contributed by atoms with van der Waals surface area (Å²) in [5, 5.41) is 9.89. The zero-order chi connectivity index (χ0) is 18.1. The summed E-state index contributed by atoms with van der Waals surface area (Å²) in [7, 11) is 0. The van der Waals surface area contributed by atoms with Gasteiger partial charge in [0, 0.05) is 6.04 Å². The Morgan fingerprint density at radius 3 is 2.73 bits per heavy atom. The lowest BCUT2D eigenvalue weighted by atomic mass is 9.79. The van der Waals surface area contributed by atoms with Crippen LogP contribution in [0, 0.1) is 16.7 Å². The maximum absolute atomic E-state index is 13.0. The summed E-state index contributed by atoms with van der Waals surface area (Å²) in [5.74, 6) is 1.17. The lowest BCUT2D eigenvalue weighted by Crippen LogP contribution is -2.58. The van der Waals surface area contributed by atoms with Gasteiger partial charge in [-0.05, 0) is 43.9 Å². The SMILES string of the molecule is C[C@]1(C#N)CC2C(=O)N(C3CC3)CC(=O)N2C1c1ccc2c(c1)OCO2. The Balaban J connectivity index is 1.57. The van der Waals surface area contributed by atoms with E-state index in [1.54, 1.807) is 15.9 Å². The average molecular weight is 353 g/mol. The van der Waals surface area contributed by atoms with E-state index in [1.807, 2.05) is 19.1 Å². The van der Waals surface area contributed by atoms with E-state index < -0.39 is 17.5 Å². The molecule has 2 saturated heterocycles. The number of nitrogens with zero attached hydrogens (tertiary/aromatic N) is 3. The van der Waals surface area contributed by atoms with Gasteiger partial charge in [-0.25, -0.2) is 0 Å². The van der Waals surface area contributed by atoms with Crippen LogP contribution in [0.2, 0.25) is 0 Å². The van der Waals surface area contributed by atoms with Gasteiger partial charge in [0.2, 0.25) is 18.6 Å². The highest BCUT2D eigenvalue weighted by atomic mass is 16.7. The van der Waals surface area contributed by atoms with E-state index in [2.05, 4.69) is 6.07 Å². The van der Waals surface area contributed by atoms with Crippen molar-refractivity contribution in [3.63, 3.8) is 0 Å². The molecule has 4 aliphatic rings. The van der Waals surface area contributed by atoms with Gasteiger partial charge in [-0.15, -0.1) is 0 Å². The van der Waals surface area contributed by atoms with Crippen molar-refractivity contribution in [2.24, 2.45) is 5.41 Å². The first-order valence-electron chi connectivity index (χ1n) is 8.94. The highest BCUT2D eigenvalue weighted by Gasteiger charge is 2.58. The molecule has 3 atom stereocenters. The molecule has 5 rings (SSSR count). The molecule has 26 heavy (non-hydrogen) atoms. The highest BCUT2D eigenvalue weighted by molar-refractivity contribution is 5.96. The Morgan fingerprint density at radius 1 is 1.23 bits per heavy atom. The fourth-order valence-corrected chi connectivity index (χ4v) is 4.53. The molecule has 2 unspecified atom stereocenters. The van der Waals surface area contributed by atoms with Crippen molar-refractivity contribution >= 4 is 11.8 Å². The molecule has 1 saturated carbocycles. The number of hydrogen-bond donors (Lipinski definition) is 0. The predicted octanol–water partition coefficient (Wildman–Crippen LogP) is 1.59. The molecule has 0 spiro atoms. The minimum Gasteiger partial charge on any atom is -0.454 e. The fourth-order valence-electron chi connectivity index (χ4n) is 4.53. The first-order valence-corrected chi connectivity index (χ1v) is 8.94. The van der Waals surface area contributed by atoms with Crippen molar-refractivity contribution in [1.29, 1.82) is 5.26 Å². The summed E-state index contributed by atoms with van der Waals surface area (Å²) in [6, 6.07) is 7.04. The Morgan fingerprint density at radius 2 is 2.00 bits per heavy atom. The summed E-state index contributed by atoms with van der Waals surface area (Å²) >= 11 is 0. The third-order valence-corrected chi connectivity index (χ3v) is 5.95. The normalized spacial score (nSPS) is 32.6. The van der Waals surface area contributed by atoms with Gasteiger partial charge >= 0.3 is 0 Å². The molecule has 0 bridgehead atoms. The van der Waals surface area contributed by atoms with Crippen molar-refractivity contribution < 1.29 is 19.1 Å². The predicted molar refractivity (Wildman–Crippen MR) is 89.0 cm³/mol. The first kappa shape index (κ1) is 15.5. The molecule has 3 aliphatic heterocycles. The zero-order valence-corrected chi connectivity index (χ0v) is 14.5. The van der Waals surface area contributed by atoms with E-state index >= 15 is 0 Å². The molecule has 0 N–H and O–H groups in total. The molecule has 0 aromatic heterocycles. The highest BCUT2D eigenvalue weighted by Crippen LogP contribution is 2.52. The van der Waals surface area contributed by atoms with Gasteiger partial charge in [0.1, 0.15) is 12.6 Å². The van der Waals surface area contributed by atoms with E-state index in [4.69, 9.17) is 9.47 Å². The van der Waals surface area contributed by atoms with Gasteiger partial charge < -0.3 is 19.3 Å². The number of hydrogen-bond acceptors (Lipinski definition) is 5. The number of fused-ring (bicyclic) bond motifs is 2. The quantitative estimate of drug-likeness (QED) is 0.806. The molecular formula is C19H19N3O4. The number of nitriles is 1. The van der Waals surface area contributed by atoms with E-state index in [1.165, 1.54) is 0 Å². The lowest BCUT2D eigenvalue weighted by molar-refractivity contribution is -0.156. The van der Waals surface area contributed by atoms with Gasteiger partial charge in [0.25, 0.3) is 0 Å². The van der Waals surface area contributed by atoms with Crippen LogP contribution in [-0.2, 0) is 9.59 Å². The van der Waals surface area contributed by atoms with Crippen LogP contribution in [0.4, 0.5) is 0 Å². The fraction of sp³-hybridized carbons (Fsp3) is 0.526. The molecular weight excluding hydrogens is 334 g/mol.